The Bertz CT molecular complexity index is 118. The highest BCUT2D eigenvalue weighted by Crippen LogP contribution is 2.59. The zero-order valence-electron chi connectivity index (χ0n) is 4.79. The summed E-state index contributed by atoms with van der Waals surface area (Å²) in [4.78, 5) is 0. The third-order valence-corrected chi connectivity index (χ3v) is 6.18. The molecular formula is C4H8Cl3P. The van der Waals surface area contributed by atoms with Crippen LogP contribution in [0.2, 0.25) is 0 Å². The summed E-state index contributed by atoms with van der Waals surface area (Å²) in [5.41, 5.74) is 0. The molecule has 50 valence electrons. The first-order valence-corrected chi connectivity index (χ1v) is 6.00. The van der Waals surface area contributed by atoms with Crippen LogP contribution >= 0.6 is 41.7 Å². The largest absolute Gasteiger partial charge is 0.207 e. The van der Waals surface area contributed by atoms with Gasteiger partial charge in [0.1, 0.15) is 0 Å². The Balaban J connectivity index is 4.26. The van der Waals surface area contributed by atoms with E-state index in [4.69, 9.17) is 34.8 Å². The average molecular weight is 193 g/mol. The van der Waals surface area contributed by atoms with E-state index < -0.39 is 10.4 Å². The van der Waals surface area contributed by atoms with Crippen LogP contribution in [0.15, 0.2) is 0 Å². The third kappa shape index (κ3) is 2.64. The SMILES string of the molecule is C=P(C)(C)C(Cl)(Cl)Cl. The second-order valence-corrected chi connectivity index (χ2v) is 9.27. The normalized spacial score (nSPS) is 14.1. The standard InChI is InChI=1S/C4H8Cl3P/c1-8(2,3)4(5,6)7/h1H2,2-3H3. The lowest BCUT2D eigenvalue weighted by molar-refractivity contribution is 1.70. The molecule has 0 aromatic heterocycles. The van der Waals surface area contributed by atoms with Gasteiger partial charge < -0.3 is 0 Å². The van der Waals surface area contributed by atoms with Gasteiger partial charge in [-0.05, 0) is 13.3 Å². The monoisotopic (exact) mass is 192 g/mol. The van der Waals surface area contributed by atoms with Crippen molar-refractivity contribution in [2.45, 2.75) is 3.53 Å². The molecule has 0 aromatic rings. The summed E-state index contributed by atoms with van der Waals surface area (Å²) in [7, 11) is 0. The van der Waals surface area contributed by atoms with Gasteiger partial charge in [-0.1, -0.05) is 48.0 Å². The summed E-state index contributed by atoms with van der Waals surface area (Å²) in [6.45, 7) is 2.20. The van der Waals surface area contributed by atoms with Crippen LogP contribution in [0.1, 0.15) is 0 Å². The molecule has 0 aliphatic rings. The van der Waals surface area contributed by atoms with Crippen LogP contribution < -0.4 is 0 Å². The fraction of sp³-hybridized carbons (Fsp3) is 0.750. The quantitative estimate of drug-likeness (QED) is 0.410. The van der Waals surface area contributed by atoms with Crippen molar-refractivity contribution in [3.63, 3.8) is 0 Å². The van der Waals surface area contributed by atoms with Crippen molar-refractivity contribution in [1.82, 2.24) is 0 Å². The first-order valence-electron chi connectivity index (χ1n) is 2.00. The molecule has 0 nitrogen and oxygen atoms in total. The molecule has 0 aromatic carbocycles. The molecule has 0 aliphatic heterocycles. The Morgan fingerprint density at radius 1 is 1.25 bits per heavy atom. The van der Waals surface area contributed by atoms with Crippen LogP contribution in [-0.4, -0.2) is 23.2 Å². The Kier molecular flexibility index (Phi) is 2.78. The lowest BCUT2D eigenvalue weighted by Crippen LogP contribution is -2.00. The molecule has 4 heteroatoms. The van der Waals surface area contributed by atoms with Crippen LogP contribution in [0.25, 0.3) is 0 Å². The van der Waals surface area contributed by atoms with Crippen LogP contribution in [0.5, 0.6) is 0 Å². The molecule has 0 radical (unpaired) electrons. The van der Waals surface area contributed by atoms with E-state index in [2.05, 4.69) is 6.30 Å². The molecular weight excluding hydrogens is 185 g/mol. The number of alkyl halides is 3. The maximum absolute atomic E-state index is 5.53. The van der Waals surface area contributed by atoms with Crippen molar-refractivity contribution in [2.75, 3.05) is 13.3 Å². The first kappa shape index (κ1) is 9.17. The van der Waals surface area contributed by atoms with E-state index in [1.165, 1.54) is 0 Å². The highest BCUT2D eigenvalue weighted by molar-refractivity contribution is 7.79. The van der Waals surface area contributed by atoms with E-state index in [1.54, 1.807) is 0 Å². The van der Waals surface area contributed by atoms with Crippen LogP contribution in [0.3, 0.4) is 0 Å². The second-order valence-electron chi connectivity index (χ2n) is 2.15. The summed E-state index contributed by atoms with van der Waals surface area (Å²) in [5.74, 6) is 0. The lowest BCUT2D eigenvalue weighted by Gasteiger charge is -2.21. The maximum atomic E-state index is 5.53. The topological polar surface area (TPSA) is 0 Å². The fourth-order valence-corrected chi connectivity index (χ4v) is 0. The van der Waals surface area contributed by atoms with Crippen molar-refractivity contribution in [1.29, 1.82) is 0 Å². The van der Waals surface area contributed by atoms with Crippen molar-refractivity contribution >= 4 is 48.0 Å². The Morgan fingerprint density at radius 2 is 1.38 bits per heavy atom. The molecule has 0 saturated carbocycles. The highest BCUT2D eigenvalue weighted by atomic mass is 35.6. The van der Waals surface area contributed by atoms with Crippen LogP contribution in [0.4, 0.5) is 0 Å². The second kappa shape index (κ2) is 2.42. The number of halogens is 3. The third-order valence-electron chi connectivity index (χ3n) is 0.686. The molecule has 0 atom stereocenters. The van der Waals surface area contributed by atoms with Crippen molar-refractivity contribution in [3.8, 4) is 0 Å². The van der Waals surface area contributed by atoms with Crippen molar-refractivity contribution < 1.29 is 0 Å². The Labute approximate surface area is 65.1 Å². The summed E-state index contributed by atoms with van der Waals surface area (Å²) >= 11 is 16.6. The van der Waals surface area contributed by atoms with Gasteiger partial charge in [0.2, 0.25) is 3.53 Å². The minimum atomic E-state index is -1.55. The van der Waals surface area contributed by atoms with Gasteiger partial charge in [0.25, 0.3) is 0 Å². The zero-order valence-corrected chi connectivity index (χ0v) is 7.95. The van der Waals surface area contributed by atoms with Gasteiger partial charge in [-0.2, -0.15) is 0 Å². The molecule has 0 N–H and O–H groups in total. The number of hydrogen-bond donors (Lipinski definition) is 0. The molecule has 8 heavy (non-hydrogen) atoms. The van der Waals surface area contributed by atoms with Gasteiger partial charge >= 0.3 is 0 Å². The minimum Gasteiger partial charge on any atom is -0.0972 e. The van der Waals surface area contributed by atoms with E-state index in [0.29, 0.717) is 0 Å². The van der Waals surface area contributed by atoms with Gasteiger partial charge in [-0.3, -0.25) is 0 Å². The molecule has 0 heterocycles. The predicted molar refractivity (Wildman–Crippen MR) is 46.2 cm³/mol. The number of rotatable bonds is 0. The fourth-order valence-electron chi connectivity index (χ4n) is 0. The Morgan fingerprint density at radius 3 is 1.38 bits per heavy atom. The van der Waals surface area contributed by atoms with E-state index in [1.807, 2.05) is 13.3 Å². The Hall–Kier alpha value is 1.17. The molecule has 0 saturated heterocycles. The van der Waals surface area contributed by atoms with E-state index in [0.717, 1.165) is 0 Å². The maximum Gasteiger partial charge on any atom is 0.207 e. The number of hydrogen-bond acceptors (Lipinski definition) is 0. The zero-order chi connectivity index (χ0) is 7.00. The summed E-state index contributed by atoms with van der Waals surface area (Å²) < 4.78 is -1.15. The minimum absolute atomic E-state index is 1.15. The van der Waals surface area contributed by atoms with E-state index in [9.17, 15) is 0 Å². The molecule has 0 unspecified atom stereocenters. The molecule has 0 fully saturated rings. The molecule has 0 spiro atoms. The summed E-state index contributed by atoms with van der Waals surface area (Å²) in [5, 5.41) is 0. The highest BCUT2D eigenvalue weighted by Gasteiger charge is 2.28. The molecule has 0 rings (SSSR count). The average Bonchev–Trinajstić information content (AvgIpc) is 1.25. The molecule has 0 amide bonds. The summed E-state index contributed by atoms with van der Waals surface area (Å²) in [6, 6.07) is 0. The smallest absolute Gasteiger partial charge is 0.0972 e. The van der Waals surface area contributed by atoms with Crippen molar-refractivity contribution in [3.05, 3.63) is 0 Å². The first-order chi connectivity index (χ1) is 3.25. The molecule has 0 aliphatic carbocycles. The van der Waals surface area contributed by atoms with Crippen LogP contribution in [0, 0.1) is 0 Å². The predicted octanol–water partition coefficient (Wildman–Crippen LogP) is 3.02. The van der Waals surface area contributed by atoms with Crippen molar-refractivity contribution in [2.24, 2.45) is 0 Å². The van der Waals surface area contributed by atoms with Gasteiger partial charge in [0.05, 0.1) is 0 Å². The van der Waals surface area contributed by atoms with Crippen LogP contribution in [-0.2, 0) is 0 Å². The van der Waals surface area contributed by atoms with E-state index >= 15 is 0 Å². The van der Waals surface area contributed by atoms with Gasteiger partial charge in [-0.15, -0.1) is 0 Å². The summed E-state index contributed by atoms with van der Waals surface area (Å²) in [6.07, 6.45) is 3.76. The van der Waals surface area contributed by atoms with E-state index in [-0.39, 0.29) is 0 Å². The molecule has 0 bridgehead atoms. The van der Waals surface area contributed by atoms with Gasteiger partial charge in [0.15, 0.2) is 0 Å². The lowest BCUT2D eigenvalue weighted by atomic mass is 11.8. The van der Waals surface area contributed by atoms with Gasteiger partial charge in [-0.25, -0.2) is 0 Å². The van der Waals surface area contributed by atoms with Gasteiger partial charge in [0, 0.05) is 0 Å².